The topological polar surface area (TPSA) is 56.7 Å². The van der Waals surface area contributed by atoms with Crippen molar-refractivity contribution in [1.82, 2.24) is 5.32 Å². The second-order valence-electron chi connectivity index (χ2n) is 2.13. The lowest BCUT2D eigenvalue weighted by molar-refractivity contribution is -0.406. The molecule has 1 saturated heterocycles. The predicted molar refractivity (Wildman–Crippen MR) is 28.9 cm³/mol. The van der Waals surface area contributed by atoms with Gasteiger partial charge in [-0.05, 0) is 6.42 Å². The van der Waals surface area contributed by atoms with E-state index < -0.39 is 0 Å². The van der Waals surface area contributed by atoms with Crippen molar-refractivity contribution in [3.8, 4) is 0 Å². The minimum atomic E-state index is 0.00347. The first-order valence-electron chi connectivity index (χ1n) is 2.91. The number of nitrogens with one attached hydrogen (secondary N) is 1. The van der Waals surface area contributed by atoms with Crippen LogP contribution in [0.1, 0.15) is 12.8 Å². The van der Waals surface area contributed by atoms with Gasteiger partial charge in [0.2, 0.25) is 0 Å². The fourth-order valence-electron chi connectivity index (χ4n) is 0.835. The number of quaternary nitrogens is 1. The minimum Gasteiger partial charge on any atom is -0.351 e. The molecule has 1 fully saturated rings. The van der Waals surface area contributed by atoms with E-state index in [1.54, 1.807) is 0 Å². The van der Waals surface area contributed by atoms with E-state index in [1.165, 1.54) is 0 Å². The molecular formula is C5H11N2O+. The molecule has 1 heterocycles. The third kappa shape index (κ3) is 0.980. The molecular weight excluding hydrogens is 104 g/mol. The number of hydrogen-bond acceptors (Lipinski definition) is 1. The van der Waals surface area contributed by atoms with Gasteiger partial charge in [0.1, 0.15) is 0 Å². The second-order valence-corrected chi connectivity index (χ2v) is 2.13. The van der Waals surface area contributed by atoms with Crippen LogP contribution >= 0.6 is 0 Å². The fourth-order valence-corrected chi connectivity index (χ4v) is 0.835. The number of hydrogen-bond donors (Lipinski definition) is 2. The van der Waals surface area contributed by atoms with Gasteiger partial charge in [0.15, 0.2) is 6.04 Å². The van der Waals surface area contributed by atoms with Crippen LogP contribution in [0.5, 0.6) is 0 Å². The molecule has 0 aromatic carbocycles. The van der Waals surface area contributed by atoms with E-state index in [4.69, 9.17) is 0 Å². The number of carbonyl (C=O) groups is 1. The summed E-state index contributed by atoms with van der Waals surface area (Å²) in [6.45, 7) is 0.838. The molecule has 8 heavy (non-hydrogen) atoms. The van der Waals surface area contributed by atoms with Crippen LogP contribution in [0, 0.1) is 0 Å². The van der Waals surface area contributed by atoms with Crippen LogP contribution < -0.4 is 11.1 Å². The smallest absolute Gasteiger partial charge is 0.278 e. The summed E-state index contributed by atoms with van der Waals surface area (Å²) in [4.78, 5) is 10.6. The summed E-state index contributed by atoms with van der Waals surface area (Å²) in [5.74, 6) is 0.108. The molecule has 1 amide bonds. The average molecular weight is 115 g/mol. The number of carbonyl (C=O) groups excluding carboxylic acids is 1. The summed E-state index contributed by atoms with van der Waals surface area (Å²) in [5.41, 5.74) is 3.67. The number of piperidine rings is 1. The Labute approximate surface area is 48.2 Å². The third-order valence-corrected chi connectivity index (χ3v) is 1.40. The lowest BCUT2D eigenvalue weighted by Gasteiger charge is -2.14. The first-order valence-corrected chi connectivity index (χ1v) is 2.91. The van der Waals surface area contributed by atoms with Crippen LogP contribution in [-0.2, 0) is 4.79 Å². The summed E-state index contributed by atoms with van der Waals surface area (Å²) in [6.07, 6.45) is 2.03. The molecule has 0 aromatic heterocycles. The molecule has 0 aromatic rings. The largest absolute Gasteiger partial charge is 0.351 e. The van der Waals surface area contributed by atoms with Gasteiger partial charge in [-0.15, -0.1) is 0 Å². The highest BCUT2D eigenvalue weighted by Crippen LogP contribution is 1.96. The quantitative estimate of drug-likeness (QED) is 0.397. The number of rotatable bonds is 0. The van der Waals surface area contributed by atoms with Crippen LogP contribution in [-0.4, -0.2) is 18.5 Å². The van der Waals surface area contributed by atoms with Crippen molar-refractivity contribution in [3.05, 3.63) is 0 Å². The Hall–Kier alpha value is -0.570. The van der Waals surface area contributed by atoms with Crippen molar-refractivity contribution in [2.24, 2.45) is 0 Å². The minimum absolute atomic E-state index is 0.00347. The van der Waals surface area contributed by atoms with Crippen LogP contribution in [0.3, 0.4) is 0 Å². The van der Waals surface area contributed by atoms with Gasteiger partial charge in [0, 0.05) is 13.0 Å². The molecule has 46 valence electrons. The molecule has 1 atom stereocenters. The van der Waals surface area contributed by atoms with E-state index >= 15 is 0 Å². The maximum atomic E-state index is 10.6. The van der Waals surface area contributed by atoms with Crippen molar-refractivity contribution < 1.29 is 10.5 Å². The second kappa shape index (κ2) is 2.13. The molecule has 0 aliphatic carbocycles. The monoisotopic (exact) mass is 115 g/mol. The summed E-state index contributed by atoms with van der Waals surface area (Å²) in [7, 11) is 0. The van der Waals surface area contributed by atoms with Crippen LogP contribution in [0.4, 0.5) is 0 Å². The molecule has 3 heteroatoms. The lowest BCUT2D eigenvalue weighted by Crippen LogP contribution is -2.69. The summed E-state index contributed by atoms with van der Waals surface area (Å²) in [5, 5.41) is 2.73. The molecule has 4 N–H and O–H groups in total. The van der Waals surface area contributed by atoms with Gasteiger partial charge in [-0.25, -0.2) is 0 Å². The van der Waals surface area contributed by atoms with E-state index in [9.17, 15) is 4.79 Å². The molecule has 1 rings (SSSR count). The van der Waals surface area contributed by atoms with Crippen molar-refractivity contribution in [1.29, 1.82) is 0 Å². The maximum absolute atomic E-state index is 10.6. The van der Waals surface area contributed by atoms with E-state index in [-0.39, 0.29) is 11.9 Å². The molecule has 0 saturated carbocycles. The standard InChI is InChI=1S/C5H10N2O/c6-4-2-1-3-7-5(4)8/h4H,1-3,6H2,(H,7,8)/p+1/t4-/m1/s1. The van der Waals surface area contributed by atoms with E-state index in [0.29, 0.717) is 0 Å². The Balaban J connectivity index is 2.39. The molecule has 0 spiro atoms. The SMILES string of the molecule is [NH3+][C@@H]1CCCNC1=O. The highest BCUT2D eigenvalue weighted by Gasteiger charge is 2.19. The highest BCUT2D eigenvalue weighted by atomic mass is 16.2. The molecule has 0 radical (unpaired) electrons. The van der Waals surface area contributed by atoms with E-state index in [0.717, 1.165) is 19.4 Å². The summed E-state index contributed by atoms with van der Waals surface area (Å²) in [6, 6.07) is 0.00347. The van der Waals surface area contributed by atoms with Crippen molar-refractivity contribution in [2.45, 2.75) is 18.9 Å². The van der Waals surface area contributed by atoms with E-state index in [2.05, 4.69) is 11.1 Å². The van der Waals surface area contributed by atoms with Crippen LogP contribution in [0.25, 0.3) is 0 Å². The average Bonchev–Trinajstić information content (AvgIpc) is 1.77. The predicted octanol–water partition coefficient (Wildman–Crippen LogP) is -1.49. The zero-order valence-corrected chi connectivity index (χ0v) is 4.81. The fraction of sp³-hybridized carbons (Fsp3) is 0.800. The van der Waals surface area contributed by atoms with Gasteiger partial charge in [0.25, 0.3) is 5.91 Å². The Bertz CT molecular complexity index is 103. The summed E-state index contributed by atoms with van der Waals surface area (Å²) < 4.78 is 0. The summed E-state index contributed by atoms with van der Waals surface area (Å²) >= 11 is 0. The Morgan fingerprint density at radius 1 is 1.75 bits per heavy atom. The first-order chi connectivity index (χ1) is 3.80. The first kappa shape index (κ1) is 5.56. The third-order valence-electron chi connectivity index (χ3n) is 1.40. The molecule has 0 unspecified atom stereocenters. The van der Waals surface area contributed by atoms with Crippen LogP contribution in [0.2, 0.25) is 0 Å². The van der Waals surface area contributed by atoms with Crippen molar-refractivity contribution in [3.63, 3.8) is 0 Å². The zero-order chi connectivity index (χ0) is 5.98. The van der Waals surface area contributed by atoms with Crippen LogP contribution in [0.15, 0.2) is 0 Å². The van der Waals surface area contributed by atoms with Gasteiger partial charge >= 0.3 is 0 Å². The lowest BCUT2D eigenvalue weighted by atomic mass is 10.1. The zero-order valence-electron chi connectivity index (χ0n) is 4.81. The molecule has 3 nitrogen and oxygen atoms in total. The van der Waals surface area contributed by atoms with E-state index in [1.807, 2.05) is 0 Å². The van der Waals surface area contributed by atoms with Gasteiger partial charge in [0.05, 0.1) is 0 Å². The molecule has 0 bridgehead atoms. The van der Waals surface area contributed by atoms with Crippen molar-refractivity contribution in [2.75, 3.05) is 6.54 Å². The van der Waals surface area contributed by atoms with Gasteiger partial charge in [-0.2, -0.15) is 0 Å². The molecule has 1 aliphatic rings. The normalized spacial score (nSPS) is 29.6. The number of amides is 1. The highest BCUT2D eigenvalue weighted by molar-refractivity contribution is 5.80. The maximum Gasteiger partial charge on any atom is 0.278 e. The van der Waals surface area contributed by atoms with Crippen molar-refractivity contribution >= 4 is 5.91 Å². The van der Waals surface area contributed by atoms with Gasteiger partial charge in [-0.1, -0.05) is 0 Å². The Kier molecular flexibility index (Phi) is 1.48. The van der Waals surface area contributed by atoms with Gasteiger partial charge in [-0.3, -0.25) is 4.79 Å². The van der Waals surface area contributed by atoms with Gasteiger partial charge < -0.3 is 11.1 Å². The Morgan fingerprint density at radius 3 is 2.88 bits per heavy atom. The molecule has 1 aliphatic heterocycles. The Morgan fingerprint density at radius 2 is 2.50 bits per heavy atom.